The molecule has 0 saturated carbocycles. The van der Waals surface area contributed by atoms with Crippen molar-refractivity contribution in [3.05, 3.63) is 53.1 Å². The van der Waals surface area contributed by atoms with Crippen molar-refractivity contribution in [3.8, 4) is 0 Å². The van der Waals surface area contributed by atoms with Gasteiger partial charge in [0.1, 0.15) is 0 Å². The van der Waals surface area contributed by atoms with E-state index in [0.29, 0.717) is 6.04 Å². The van der Waals surface area contributed by atoms with Gasteiger partial charge in [0.05, 0.1) is 5.69 Å². The van der Waals surface area contributed by atoms with Crippen LogP contribution in [-0.2, 0) is 12.8 Å². The van der Waals surface area contributed by atoms with Gasteiger partial charge >= 0.3 is 0 Å². The number of piperazine rings is 1. The lowest BCUT2D eigenvalue weighted by Gasteiger charge is -2.37. The first-order chi connectivity index (χ1) is 12.8. The summed E-state index contributed by atoms with van der Waals surface area (Å²) in [7, 11) is 0. The van der Waals surface area contributed by atoms with Gasteiger partial charge in [-0.1, -0.05) is 49.4 Å². The smallest absolute Gasteiger partial charge is 0.0512 e. The first-order valence-corrected chi connectivity index (χ1v) is 10.6. The number of nitrogens with zero attached hydrogens (tertiary/aromatic N) is 1. The third-order valence-electron chi connectivity index (χ3n) is 5.48. The molecule has 3 nitrogen and oxygen atoms in total. The van der Waals surface area contributed by atoms with E-state index >= 15 is 0 Å². The lowest BCUT2D eigenvalue weighted by molar-refractivity contribution is 0.260. The van der Waals surface area contributed by atoms with Gasteiger partial charge in [-0.05, 0) is 41.7 Å². The number of nitrogens with one attached hydrogen (secondary N) is 1. The average Bonchev–Trinajstić information content (AvgIpc) is 2.67. The van der Waals surface area contributed by atoms with E-state index in [-0.39, 0.29) is 6.61 Å². The molecular formula is C22H28N2OS. The highest BCUT2D eigenvalue weighted by Gasteiger charge is 2.26. The van der Waals surface area contributed by atoms with E-state index in [1.165, 1.54) is 38.6 Å². The van der Waals surface area contributed by atoms with Gasteiger partial charge in [0.2, 0.25) is 0 Å². The Morgan fingerprint density at radius 1 is 1.23 bits per heavy atom. The zero-order valence-corrected chi connectivity index (χ0v) is 16.3. The summed E-state index contributed by atoms with van der Waals surface area (Å²) >= 11 is 1.95. The van der Waals surface area contributed by atoms with Crippen LogP contribution < -0.4 is 10.2 Å². The molecule has 1 fully saturated rings. The summed E-state index contributed by atoms with van der Waals surface area (Å²) < 4.78 is 0. The maximum Gasteiger partial charge on any atom is 0.0512 e. The number of hydrogen-bond donors (Lipinski definition) is 2. The standard InChI is InChI=1S/C22H28N2OS/c1-2-5-16-8-9-20(24-12-11-23-18(15-24)10-13-25)22-19(16)14-17-6-3-4-7-21(17)26-22/h3-4,6-9,18,23,25H,2,5,10-15H2,1H3. The molecule has 0 aromatic heterocycles. The van der Waals surface area contributed by atoms with Crippen LogP contribution in [0.5, 0.6) is 0 Å². The van der Waals surface area contributed by atoms with E-state index in [0.717, 1.165) is 38.9 Å². The molecule has 1 saturated heterocycles. The van der Waals surface area contributed by atoms with Crippen LogP contribution in [0.2, 0.25) is 0 Å². The van der Waals surface area contributed by atoms with Crippen LogP contribution in [0.3, 0.4) is 0 Å². The molecule has 2 heterocycles. The van der Waals surface area contributed by atoms with Crippen molar-refractivity contribution < 1.29 is 5.11 Å². The zero-order valence-electron chi connectivity index (χ0n) is 15.5. The summed E-state index contributed by atoms with van der Waals surface area (Å²) in [6.07, 6.45) is 4.21. The Morgan fingerprint density at radius 2 is 2.12 bits per heavy atom. The van der Waals surface area contributed by atoms with Crippen LogP contribution in [-0.4, -0.2) is 37.4 Å². The highest BCUT2D eigenvalue weighted by Crippen LogP contribution is 2.46. The van der Waals surface area contributed by atoms with Crippen LogP contribution in [0.25, 0.3) is 0 Å². The number of aryl methyl sites for hydroxylation is 1. The number of anilines is 1. The number of hydrogen-bond acceptors (Lipinski definition) is 4. The maximum atomic E-state index is 9.31. The van der Waals surface area contributed by atoms with E-state index in [4.69, 9.17) is 0 Å². The van der Waals surface area contributed by atoms with Gasteiger partial charge in [-0.25, -0.2) is 0 Å². The Balaban J connectivity index is 1.71. The lowest BCUT2D eigenvalue weighted by Crippen LogP contribution is -2.51. The third-order valence-corrected chi connectivity index (χ3v) is 6.76. The maximum absolute atomic E-state index is 9.31. The minimum atomic E-state index is 0.251. The fourth-order valence-corrected chi connectivity index (χ4v) is 5.43. The van der Waals surface area contributed by atoms with E-state index < -0.39 is 0 Å². The highest BCUT2D eigenvalue weighted by molar-refractivity contribution is 7.99. The van der Waals surface area contributed by atoms with Gasteiger partial charge < -0.3 is 15.3 Å². The molecule has 2 N–H and O–H groups in total. The van der Waals surface area contributed by atoms with E-state index in [2.05, 4.69) is 53.5 Å². The topological polar surface area (TPSA) is 35.5 Å². The quantitative estimate of drug-likeness (QED) is 0.717. The van der Waals surface area contributed by atoms with Crippen molar-refractivity contribution >= 4 is 17.4 Å². The number of fused-ring (bicyclic) bond motifs is 2. The molecule has 0 aliphatic carbocycles. The summed E-state index contributed by atoms with van der Waals surface area (Å²) in [6.45, 7) is 5.50. The Bertz CT molecular complexity index is 775. The minimum Gasteiger partial charge on any atom is -0.396 e. The Labute approximate surface area is 160 Å². The van der Waals surface area contributed by atoms with Crippen molar-refractivity contribution in [1.29, 1.82) is 0 Å². The molecule has 26 heavy (non-hydrogen) atoms. The number of aliphatic hydroxyl groups excluding tert-OH is 1. The Hall–Kier alpha value is -1.49. The lowest BCUT2D eigenvalue weighted by atomic mass is 9.95. The molecule has 138 valence electrons. The van der Waals surface area contributed by atoms with Crippen LogP contribution in [0.1, 0.15) is 36.5 Å². The van der Waals surface area contributed by atoms with Crippen molar-refractivity contribution in [1.82, 2.24) is 5.32 Å². The van der Waals surface area contributed by atoms with Crippen molar-refractivity contribution in [3.63, 3.8) is 0 Å². The minimum absolute atomic E-state index is 0.251. The van der Waals surface area contributed by atoms with Gasteiger partial charge in [0, 0.05) is 48.5 Å². The van der Waals surface area contributed by atoms with Gasteiger partial charge in [-0.2, -0.15) is 0 Å². The average molecular weight is 369 g/mol. The molecular weight excluding hydrogens is 340 g/mol. The molecule has 4 heteroatoms. The molecule has 2 aliphatic heterocycles. The molecule has 0 amide bonds. The largest absolute Gasteiger partial charge is 0.396 e. The number of rotatable bonds is 5. The zero-order chi connectivity index (χ0) is 17.9. The van der Waals surface area contributed by atoms with E-state index in [1.54, 1.807) is 0 Å². The second-order valence-electron chi connectivity index (χ2n) is 7.30. The normalized spacial score (nSPS) is 19.2. The fraction of sp³-hybridized carbons (Fsp3) is 0.455. The van der Waals surface area contributed by atoms with Gasteiger partial charge in [-0.3, -0.25) is 0 Å². The predicted octanol–water partition coefficient (Wildman–Crippen LogP) is 3.86. The van der Waals surface area contributed by atoms with Crippen molar-refractivity contribution in [2.24, 2.45) is 0 Å². The van der Waals surface area contributed by atoms with Crippen molar-refractivity contribution in [2.45, 2.75) is 48.4 Å². The number of aliphatic hydroxyl groups is 1. The summed E-state index contributed by atoms with van der Waals surface area (Å²) in [4.78, 5) is 5.38. The molecule has 1 unspecified atom stereocenters. The van der Waals surface area contributed by atoms with Crippen LogP contribution in [0.4, 0.5) is 5.69 Å². The summed E-state index contributed by atoms with van der Waals surface area (Å²) in [5.74, 6) is 0. The molecule has 2 aromatic carbocycles. The van der Waals surface area contributed by atoms with Crippen LogP contribution >= 0.6 is 11.8 Å². The van der Waals surface area contributed by atoms with Crippen LogP contribution in [0.15, 0.2) is 46.2 Å². The number of benzene rings is 2. The van der Waals surface area contributed by atoms with Gasteiger partial charge in [0.25, 0.3) is 0 Å². The molecule has 2 aliphatic rings. The molecule has 4 rings (SSSR count). The Kier molecular flexibility index (Phi) is 5.53. The summed E-state index contributed by atoms with van der Waals surface area (Å²) in [5.41, 5.74) is 5.88. The van der Waals surface area contributed by atoms with Gasteiger partial charge in [0.15, 0.2) is 0 Å². The van der Waals surface area contributed by atoms with Crippen LogP contribution in [0, 0.1) is 0 Å². The Morgan fingerprint density at radius 3 is 2.96 bits per heavy atom. The highest BCUT2D eigenvalue weighted by atomic mass is 32.2. The summed E-state index contributed by atoms with van der Waals surface area (Å²) in [6, 6.07) is 13.9. The van der Waals surface area contributed by atoms with E-state index in [9.17, 15) is 5.11 Å². The third kappa shape index (κ3) is 3.51. The fourth-order valence-electron chi connectivity index (χ4n) is 4.16. The SMILES string of the molecule is CCCc1ccc(N2CCNC(CCO)C2)c2c1Cc1ccccc1S2. The molecule has 2 aromatic rings. The second-order valence-corrected chi connectivity index (χ2v) is 8.35. The predicted molar refractivity (Wildman–Crippen MR) is 110 cm³/mol. The summed E-state index contributed by atoms with van der Waals surface area (Å²) in [5, 5.41) is 12.8. The monoisotopic (exact) mass is 368 g/mol. The van der Waals surface area contributed by atoms with Gasteiger partial charge in [-0.15, -0.1) is 0 Å². The second kappa shape index (κ2) is 8.03. The molecule has 0 radical (unpaired) electrons. The first-order valence-electron chi connectivity index (χ1n) is 9.80. The first kappa shape index (κ1) is 17.9. The molecule has 0 bridgehead atoms. The molecule has 1 atom stereocenters. The van der Waals surface area contributed by atoms with E-state index in [1.807, 2.05) is 11.8 Å². The molecule has 0 spiro atoms. The van der Waals surface area contributed by atoms with Crippen molar-refractivity contribution in [2.75, 3.05) is 31.1 Å².